The number of hydrogen-bond acceptors (Lipinski definition) is 1. The highest BCUT2D eigenvalue weighted by Crippen LogP contribution is 2.60. The zero-order chi connectivity index (χ0) is 18.6. The van der Waals surface area contributed by atoms with Gasteiger partial charge in [-0.15, -0.1) is 0 Å². The maximum Gasteiger partial charge on any atom is 0.460 e. The zero-order valence-electron chi connectivity index (χ0n) is 9.20. The quantitative estimate of drug-likeness (QED) is 0.538. The maximum absolute atomic E-state index is 12.8. The molecule has 0 fully saturated rings. The monoisotopic (exact) mass is 366 g/mol. The van der Waals surface area contributed by atoms with E-state index in [2.05, 4.69) is 0 Å². The van der Waals surface area contributed by atoms with Crippen LogP contribution < -0.4 is 0 Å². The first-order chi connectivity index (χ1) is 9.19. The summed E-state index contributed by atoms with van der Waals surface area (Å²) < 4.78 is 170. The van der Waals surface area contributed by atoms with E-state index in [0.717, 1.165) is 0 Å². The van der Waals surface area contributed by atoms with Crippen LogP contribution in [0.2, 0.25) is 0 Å². The molecule has 0 radical (unpaired) electrons. The molecule has 132 valence electrons. The van der Waals surface area contributed by atoms with Crippen LogP contribution in [0.4, 0.5) is 61.5 Å². The summed E-state index contributed by atoms with van der Waals surface area (Å²) in [4.78, 5) is 9.68. The molecular weight excluding hydrogens is 366 g/mol. The smallest absolute Gasteiger partial charge is 0.257 e. The highest BCUT2D eigenvalue weighted by Gasteiger charge is 2.92. The van der Waals surface area contributed by atoms with Crippen molar-refractivity contribution >= 4 is 6.04 Å². The molecule has 0 aromatic carbocycles. The first kappa shape index (κ1) is 20.7. The lowest BCUT2D eigenvalue weighted by Gasteiger charge is -2.39. The van der Waals surface area contributed by atoms with E-state index in [0.29, 0.717) is 0 Å². The Hall–Kier alpha value is -1.31. The van der Waals surface area contributed by atoms with Crippen LogP contribution in [0.15, 0.2) is 0 Å². The SMILES string of the molecule is O=C(F)C(F)(C(F)(F)F)C(F)(F)C(F)(F)C(F)(F)C(F)(F)F. The third-order valence-electron chi connectivity index (χ3n) is 2.24. The second-order valence-corrected chi connectivity index (χ2v) is 3.65. The molecule has 1 unspecified atom stereocenters. The molecule has 0 aliphatic heterocycles. The Kier molecular flexibility index (Phi) is 4.55. The van der Waals surface area contributed by atoms with E-state index >= 15 is 0 Å². The average molecular weight is 366 g/mol. The fourth-order valence-electron chi connectivity index (χ4n) is 1.00. The number of halogens is 14. The van der Waals surface area contributed by atoms with Crippen molar-refractivity contribution < 1.29 is 66.3 Å². The van der Waals surface area contributed by atoms with Gasteiger partial charge in [0.05, 0.1) is 0 Å². The molecular formula is C7F14O. The van der Waals surface area contributed by atoms with E-state index in [1.165, 1.54) is 0 Å². The van der Waals surface area contributed by atoms with Crippen molar-refractivity contribution in [2.75, 3.05) is 0 Å². The van der Waals surface area contributed by atoms with Gasteiger partial charge in [-0.2, -0.15) is 57.1 Å². The van der Waals surface area contributed by atoms with Crippen LogP contribution in [-0.2, 0) is 4.79 Å². The van der Waals surface area contributed by atoms with Gasteiger partial charge in [0, 0.05) is 0 Å². The molecule has 1 atom stereocenters. The summed E-state index contributed by atoms with van der Waals surface area (Å²) in [5.74, 6) is -24.2. The summed E-state index contributed by atoms with van der Waals surface area (Å²) in [5.41, 5.74) is -7.63. The van der Waals surface area contributed by atoms with Crippen LogP contribution in [0.1, 0.15) is 0 Å². The van der Waals surface area contributed by atoms with E-state index in [9.17, 15) is 66.3 Å². The number of carbonyl (C=O) groups excluding carboxylic acids is 1. The van der Waals surface area contributed by atoms with Gasteiger partial charge in [-0.25, -0.2) is 4.39 Å². The Labute approximate surface area is 109 Å². The van der Waals surface area contributed by atoms with Crippen molar-refractivity contribution in [3.63, 3.8) is 0 Å². The first-order valence-electron chi connectivity index (χ1n) is 4.35. The number of carbonyl (C=O) groups is 1. The summed E-state index contributed by atoms with van der Waals surface area (Å²) in [6.07, 6.45) is -15.1. The summed E-state index contributed by atoms with van der Waals surface area (Å²) in [7, 11) is 0. The van der Waals surface area contributed by atoms with Crippen LogP contribution in [0.5, 0.6) is 0 Å². The van der Waals surface area contributed by atoms with E-state index < -0.39 is 41.8 Å². The lowest BCUT2D eigenvalue weighted by atomic mass is 9.88. The minimum absolute atomic E-state index is 4.93. The van der Waals surface area contributed by atoms with Gasteiger partial charge >= 0.3 is 41.8 Å². The van der Waals surface area contributed by atoms with Gasteiger partial charge in [0.25, 0.3) is 0 Å². The molecule has 0 aliphatic carbocycles. The Morgan fingerprint density at radius 3 is 1.00 bits per heavy atom. The van der Waals surface area contributed by atoms with Gasteiger partial charge < -0.3 is 0 Å². The third kappa shape index (κ3) is 2.37. The predicted octanol–water partition coefficient (Wildman–Crippen LogP) is 4.22. The van der Waals surface area contributed by atoms with Gasteiger partial charge in [-0.1, -0.05) is 0 Å². The van der Waals surface area contributed by atoms with Gasteiger partial charge in [-0.3, -0.25) is 4.79 Å². The molecule has 0 aromatic heterocycles. The Morgan fingerprint density at radius 1 is 0.500 bits per heavy atom. The molecule has 0 saturated carbocycles. The molecule has 0 heterocycles. The third-order valence-corrected chi connectivity index (χ3v) is 2.24. The number of rotatable bonds is 4. The van der Waals surface area contributed by atoms with E-state index in [-0.39, 0.29) is 0 Å². The van der Waals surface area contributed by atoms with Gasteiger partial charge in [0.1, 0.15) is 0 Å². The largest absolute Gasteiger partial charge is 0.460 e. The van der Waals surface area contributed by atoms with Crippen molar-refractivity contribution in [1.29, 1.82) is 0 Å². The second kappa shape index (κ2) is 4.84. The molecule has 0 aliphatic rings. The highest BCUT2D eigenvalue weighted by molar-refractivity contribution is 5.81. The molecule has 0 saturated heterocycles. The summed E-state index contributed by atoms with van der Waals surface area (Å²) in [6.45, 7) is 0. The first-order valence-corrected chi connectivity index (χ1v) is 4.35. The van der Waals surface area contributed by atoms with E-state index in [1.807, 2.05) is 0 Å². The van der Waals surface area contributed by atoms with Crippen LogP contribution in [0.25, 0.3) is 0 Å². The molecule has 0 amide bonds. The van der Waals surface area contributed by atoms with E-state index in [4.69, 9.17) is 0 Å². The number of hydrogen-bond donors (Lipinski definition) is 0. The normalized spacial score (nSPS) is 18.1. The molecule has 0 bridgehead atoms. The van der Waals surface area contributed by atoms with Crippen molar-refractivity contribution in [2.24, 2.45) is 0 Å². The highest BCUT2D eigenvalue weighted by atomic mass is 19.4. The zero-order valence-corrected chi connectivity index (χ0v) is 9.20. The predicted molar refractivity (Wildman–Crippen MR) is 36.9 cm³/mol. The second-order valence-electron chi connectivity index (χ2n) is 3.65. The lowest BCUT2D eigenvalue weighted by Crippen LogP contribution is -2.72. The standard InChI is InChI=1S/C7F14O/c8-1(22)2(9,6(16,17)18)3(10,11)4(12,13)5(14,15)7(19,20)21. The summed E-state index contributed by atoms with van der Waals surface area (Å²) >= 11 is 0. The van der Waals surface area contributed by atoms with Crippen molar-refractivity contribution in [1.82, 2.24) is 0 Å². The van der Waals surface area contributed by atoms with E-state index in [1.54, 1.807) is 0 Å². The summed E-state index contributed by atoms with van der Waals surface area (Å²) in [6, 6.07) is -4.93. The topological polar surface area (TPSA) is 17.1 Å². The van der Waals surface area contributed by atoms with Gasteiger partial charge in [0.2, 0.25) is 0 Å². The van der Waals surface area contributed by atoms with Crippen LogP contribution >= 0.6 is 0 Å². The minimum Gasteiger partial charge on any atom is -0.257 e. The Morgan fingerprint density at radius 2 is 0.818 bits per heavy atom. The Bertz CT molecular complexity index is 443. The van der Waals surface area contributed by atoms with Crippen molar-refractivity contribution in [3.8, 4) is 0 Å². The molecule has 15 heteroatoms. The van der Waals surface area contributed by atoms with Crippen LogP contribution in [-0.4, -0.2) is 41.8 Å². The van der Waals surface area contributed by atoms with Crippen LogP contribution in [0.3, 0.4) is 0 Å². The lowest BCUT2D eigenvalue weighted by molar-refractivity contribution is -0.425. The average Bonchev–Trinajstić information content (AvgIpc) is 2.23. The molecule has 0 N–H and O–H groups in total. The molecule has 22 heavy (non-hydrogen) atoms. The fourth-order valence-corrected chi connectivity index (χ4v) is 1.00. The molecule has 1 nitrogen and oxygen atoms in total. The molecule has 0 aromatic rings. The van der Waals surface area contributed by atoms with Crippen LogP contribution in [0, 0.1) is 0 Å². The minimum atomic E-state index is -8.15. The van der Waals surface area contributed by atoms with Crippen molar-refractivity contribution in [2.45, 2.75) is 35.8 Å². The van der Waals surface area contributed by atoms with Gasteiger partial charge in [-0.05, 0) is 0 Å². The van der Waals surface area contributed by atoms with Gasteiger partial charge in [0.15, 0.2) is 0 Å². The molecule has 0 spiro atoms. The maximum atomic E-state index is 12.8. The molecule has 0 rings (SSSR count). The summed E-state index contributed by atoms with van der Waals surface area (Å²) in [5, 5.41) is 0. The fraction of sp³-hybridized carbons (Fsp3) is 0.857. The van der Waals surface area contributed by atoms with Crippen molar-refractivity contribution in [3.05, 3.63) is 0 Å². The Balaban J connectivity index is 6.49. The number of alkyl halides is 13.